The lowest BCUT2D eigenvalue weighted by molar-refractivity contribution is 0.467. The van der Waals surface area contributed by atoms with E-state index in [0.717, 1.165) is 41.1 Å². The Kier molecular flexibility index (Phi) is 3.79. The first kappa shape index (κ1) is 12.1. The van der Waals surface area contributed by atoms with Gasteiger partial charge in [-0.3, -0.25) is 0 Å². The zero-order chi connectivity index (χ0) is 12.3. The number of aromatic hydroxyl groups is 1. The predicted molar refractivity (Wildman–Crippen MR) is 72.6 cm³/mol. The summed E-state index contributed by atoms with van der Waals surface area (Å²) in [4.78, 5) is 4.57. The second kappa shape index (κ2) is 5.32. The maximum atomic E-state index is 9.75. The molecule has 17 heavy (non-hydrogen) atoms. The zero-order valence-corrected chi connectivity index (χ0v) is 11.0. The van der Waals surface area contributed by atoms with E-state index in [1.807, 2.05) is 6.07 Å². The van der Waals surface area contributed by atoms with Crippen LogP contribution in [0.4, 0.5) is 0 Å². The van der Waals surface area contributed by atoms with Crippen molar-refractivity contribution in [1.29, 1.82) is 0 Å². The normalized spacial score (nSPS) is 10.7. The number of hydrogen-bond donors (Lipinski definition) is 1. The van der Waals surface area contributed by atoms with Gasteiger partial charge in [0.15, 0.2) is 0 Å². The van der Waals surface area contributed by atoms with E-state index in [1.165, 1.54) is 0 Å². The molecule has 0 bridgehead atoms. The number of nitrogens with zero attached hydrogens (tertiary/aromatic N) is 1. The standard InChI is InChI=1S/C14H17NOS/c1-3-5-10-8-11(6-7-13(10)16)14-15-12(4-2)9-17-14/h6-9,16H,3-5H2,1-2H3. The maximum absolute atomic E-state index is 9.75. The maximum Gasteiger partial charge on any atom is 0.123 e. The number of aromatic nitrogens is 1. The lowest BCUT2D eigenvalue weighted by Gasteiger charge is -2.04. The van der Waals surface area contributed by atoms with Crippen LogP contribution in [-0.4, -0.2) is 10.1 Å². The van der Waals surface area contributed by atoms with Crippen molar-refractivity contribution in [3.05, 3.63) is 34.8 Å². The second-order valence-corrected chi connectivity index (χ2v) is 4.95. The van der Waals surface area contributed by atoms with Crippen molar-refractivity contribution in [3.63, 3.8) is 0 Å². The number of thiazole rings is 1. The molecule has 90 valence electrons. The van der Waals surface area contributed by atoms with Gasteiger partial charge in [-0.1, -0.05) is 20.3 Å². The van der Waals surface area contributed by atoms with Gasteiger partial charge in [0.05, 0.1) is 5.69 Å². The number of phenols is 1. The van der Waals surface area contributed by atoms with Gasteiger partial charge in [0, 0.05) is 10.9 Å². The van der Waals surface area contributed by atoms with Crippen LogP contribution in [-0.2, 0) is 12.8 Å². The highest BCUT2D eigenvalue weighted by Gasteiger charge is 2.07. The summed E-state index contributed by atoms with van der Waals surface area (Å²) in [5.41, 5.74) is 3.25. The molecular formula is C14H17NOS. The Morgan fingerprint density at radius 2 is 2.12 bits per heavy atom. The highest BCUT2D eigenvalue weighted by atomic mass is 32.1. The largest absolute Gasteiger partial charge is 0.508 e. The minimum Gasteiger partial charge on any atom is -0.508 e. The molecule has 0 radical (unpaired) electrons. The number of phenolic OH excluding ortho intramolecular Hbond substituents is 1. The Balaban J connectivity index is 2.35. The third kappa shape index (κ3) is 2.67. The quantitative estimate of drug-likeness (QED) is 0.884. The molecule has 0 saturated carbocycles. The van der Waals surface area contributed by atoms with Crippen LogP contribution in [0, 0.1) is 0 Å². The van der Waals surface area contributed by atoms with E-state index in [4.69, 9.17) is 0 Å². The Morgan fingerprint density at radius 1 is 1.29 bits per heavy atom. The van der Waals surface area contributed by atoms with Gasteiger partial charge in [0.1, 0.15) is 10.8 Å². The molecule has 0 aliphatic heterocycles. The average molecular weight is 247 g/mol. The van der Waals surface area contributed by atoms with Gasteiger partial charge in [-0.15, -0.1) is 11.3 Å². The fourth-order valence-corrected chi connectivity index (χ4v) is 2.69. The van der Waals surface area contributed by atoms with Crippen LogP contribution in [0.5, 0.6) is 5.75 Å². The molecule has 1 N–H and O–H groups in total. The topological polar surface area (TPSA) is 33.1 Å². The minimum atomic E-state index is 0.392. The fraction of sp³-hybridized carbons (Fsp3) is 0.357. The van der Waals surface area contributed by atoms with Crippen molar-refractivity contribution in [2.24, 2.45) is 0 Å². The van der Waals surface area contributed by atoms with E-state index >= 15 is 0 Å². The summed E-state index contributed by atoms with van der Waals surface area (Å²) in [6.07, 6.45) is 2.91. The SMILES string of the molecule is CCCc1cc(-c2nc(CC)cs2)ccc1O. The molecule has 0 fully saturated rings. The second-order valence-electron chi connectivity index (χ2n) is 4.09. The van der Waals surface area contributed by atoms with Crippen molar-refractivity contribution < 1.29 is 5.11 Å². The molecule has 3 heteroatoms. The van der Waals surface area contributed by atoms with Crippen molar-refractivity contribution in [2.75, 3.05) is 0 Å². The molecule has 2 rings (SSSR count). The Hall–Kier alpha value is -1.35. The van der Waals surface area contributed by atoms with Crippen molar-refractivity contribution in [3.8, 4) is 16.3 Å². The summed E-state index contributed by atoms with van der Waals surface area (Å²) in [6, 6.07) is 5.76. The Bertz CT molecular complexity index is 505. The van der Waals surface area contributed by atoms with Gasteiger partial charge >= 0.3 is 0 Å². The molecule has 0 unspecified atom stereocenters. The van der Waals surface area contributed by atoms with Crippen molar-refractivity contribution in [1.82, 2.24) is 4.98 Å². The summed E-state index contributed by atoms with van der Waals surface area (Å²) < 4.78 is 0. The first-order valence-corrected chi connectivity index (χ1v) is 6.89. The van der Waals surface area contributed by atoms with E-state index in [-0.39, 0.29) is 0 Å². The number of hydrogen-bond acceptors (Lipinski definition) is 3. The van der Waals surface area contributed by atoms with Crippen LogP contribution in [0.25, 0.3) is 10.6 Å². The van der Waals surface area contributed by atoms with Gasteiger partial charge in [0.2, 0.25) is 0 Å². The lowest BCUT2D eigenvalue weighted by atomic mass is 10.1. The Morgan fingerprint density at radius 3 is 2.76 bits per heavy atom. The molecule has 0 saturated heterocycles. The smallest absolute Gasteiger partial charge is 0.123 e. The van der Waals surface area contributed by atoms with E-state index < -0.39 is 0 Å². The van der Waals surface area contributed by atoms with Gasteiger partial charge in [-0.2, -0.15) is 0 Å². The van der Waals surface area contributed by atoms with E-state index in [9.17, 15) is 5.11 Å². The van der Waals surface area contributed by atoms with Crippen LogP contribution in [0.2, 0.25) is 0 Å². The fourth-order valence-electron chi connectivity index (χ4n) is 1.79. The van der Waals surface area contributed by atoms with Crippen LogP contribution in [0.1, 0.15) is 31.5 Å². The summed E-state index contributed by atoms with van der Waals surface area (Å²) in [5, 5.41) is 12.9. The van der Waals surface area contributed by atoms with Gasteiger partial charge in [-0.25, -0.2) is 4.98 Å². The lowest BCUT2D eigenvalue weighted by Crippen LogP contribution is -1.87. The monoisotopic (exact) mass is 247 g/mol. The van der Waals surface area contributed by atoms with Crippen molar-refractivity contribution >= 4 is 11.3 Å². The molecule has 0 amide bonds. The molecule has 2 aromatic rings. The van der Waals surface area contributed by atoms with Crippen LogP contribution in [0.3, 0.4) is 0 Å². The molecule has 1 aromatic heterocycles. The molecule has 1 aromatic carbocycles. The molecule has 1 heterocycles. The average Bonchev–Trinajstić information content (AvgIpc) is 2.81. The third-order valence-corrected chi connectivity index (χ3v) is 3.70. The van der Waals surface area contributed by atoms with E-state index in [1.54, 1.807) is 17.4 Å². The first-order chi connectivity index (χ1) is 8.24. The molecule has 0 aliphatic rings. The number of rotatable bonds is 4. The number of aryl methyl sites for hydroxylation is 2. The molecular weight excluding hydrogens is 230 g/mol. The predicted octanol–water partition coefficient (Wildman–Crippen LogP) is 4.03. The molecule has 0 atom stereocenters. The summed E-state index contributed by atoms with van der Waals surface area (Å²) in [5.74, 6) is 0.392. The Labute approximate surface area is 106 Å². The van der Waals surface area contributed by atoms with Crippen LogP contribution >= 0.6 is 11.3 Å². The summed E-state index contributed by atoms with van der Waals surface area (Å²) in [7, 11) is 0. The third-order valence-electron chi connectivity index (χ3n) is 2.76. The van der Waals surface area contributed by atoms with Gasteiger partial charge in [-0.05, 0) is 36.6 Å². The van der Waals surface area contributed by atoms with Gasteiger partial charge in [0.25, 0.3) is 0 Å². The summed E-state index contributed by atoms with van der Waals surface area (Å²) >= 11 is 1.67. The van der Waals surface area contributed by atoms with E-state index in [0.29, 0.717) is 5.75 Å². The first-order valence-electron chi connectivity index (χ1n) is 6.01. The van der Waals surface area contributed by atoms with E-state index in [2.05, 4.69) is 30.3 Å². The van der Waals surface area contributed by atoms with Gasteiger partial charge < -0.3 is 5.11 Å². The molecule has 0 spiro atoms. The number of benzene rings is 1. The van der Waals surface area contributed by atoms with Crippen molar-refractivity contribution in [2.45, 2.75) is 33.1 Å². The minimum absolute atomic E-state index is 0.392. The highest BCUT2D eigenvalue weighted by molar-refractivity contribution is 7.13. The molecule has 0 aliphatic carbocycles. The van der Waals surface area contributed by atoms with Crippen LogP contribution in [0.15, 0.2) is 23.6 Å². The molecule has 2 nitrogen and oxygen atoms in total. The highest BCUT2D eigenvalue weighted by Crippen LogP contribution is 2.29. The van der Waals surface area contributed by atoms with Crippen LogP contribution < -0.4 is 0 Å². The zero-order valence-electron chi connectivity index (χ0n) is 10.2. The summed E-state index contributed by atoms with van der Waals surface area (Å²) in [6.45, 7) is 4.23.